The van der Waals surface area contributed by atoms with Crippen molar-refractivity contribution in [2.24, 2.45) is 11.8 Å². The lowest BCUT2D eigenvalue weighted by Crippen LogP contribution is -2.42. The molecule has 0 atom stereocenters. The van der Waals surface area contributed by atoms with Gasteiger partial charge in [-0.05, 0) is 39.5 Å². The molecule has 0 radical (unpaired) electrons. The first-order chi connectivity index (χ1) is 13.8. The first kappa shape index (κ1) is 27.5. The van der Waals surface area contributed by atoms with Crippen LogP contribution in [0.1, 0.15) is 73.6 Å². The monoisotopic (exact) mass is 414 g/mol. The number of carbonyl (C=O) groups is 3. The Balaban J connectivity index is 0.00000379. The summed E-state index contributed by atoms with van der Waals surface area (Å²) >= 11 is 0. The highest BCUT2D eigenvalue weighted by atomic mass is 16.5. The predicted molar refractivity (Wildman–Crippen MR) is 115 cm³/mol. The van der Waals surface area contributed by atoms with Crippen LogP contribution >= 0.6 is 0 Å². The van der Waals surface area contributed by atoms with Crippen molar-refractivity contribution in [1.29, 1.82) is 0 Å². The molecule has 0 spiro atoms. The second-order valence-electron chi connectivity index (χ2n) is 7.74. The quantitative estimate of drug-likeness (QED) is 0.479. The van der Waals surface area contributed by atoms with E-state index >= 15 is 0 Å². The van der Waals surface area contributed by atoms with Gasteiger partial charge < -0.3 is 20.1 Å². The molecular formula is C22H42N2O5. The fraction of sp³-hybridized carbons (Fsp3) is 0.864. The van der Waals surface area contributed by atoms with Crippen molar-refractivity contribution >= 4 is 17.6 Å². The second-order valence-corrected chi connectivity index (χ2v) is 7.74. The van der Waals surface area contributed by atoms with Gasteiger partial charge in [-0.3, -0.25) is 14.4 Å². The lowest BCUT2D eigenvalue weighted by molar-refractivity contribution is -0.129. The number of nitrogens with one attached hydrogen (secondary N) is 2. The van der Waals surface area contributed by atoms with Crippen molar-refractivity contribution in [3.05, 3.63) is 0 Å². The molecule has 0 saturated heterocycles. The molecule has 2 amide bonds. The number of hydrogen-bond acceptors (Lipinski definition) is 5. The van der Waals surface area contributed by atoms with Crippen LogP contribution in [0.3, 0.4) is 0 Å². The normalized spacial score (nSPS) is 18.8. The molecule has 170 valence electrons. The van der Waals surface area contributed by atoms with Crippen LogP contribution in [0.2, 0.25) is 0 Å². The fourth-order valence-corrected chi connectivity index (χ4v) is 2.93. The van der Waals surface area contributed by atoms with E-state index in [-0.39, 0.29) is 48.1 Å². The maximum atomic E-state index is 12.1. The Morgan fingerprint density at radius 2 is 1.55 bits per heavy atom. The molecule has 1 saturated carbocycles. The van der Waals surface area contributed by atoms with Crippen LogP contribution in [0.5, 0.6) is 0 Å². The Bertz CT molecular complexity index is 472. The number of Topliss-reactive ketones (excluding diaryl/α,β-unsaturated/α-hetero) is 1. The minimum absolute atomic E-state index is 0.0183. The Labute approximate surface area is 176 Å². The highest BCUT2D eigenvalue weighted by molar-refractivity contribution is 5.88. The third kappa shape index (κ3) is 13.4. The molecule has 0 aromatic heterocycles. The van der Waals surface area contributed by atoms with Gasteiger partial charge in [-0.15, -0.1) is 0 Å². The Morgan fingerprint density at radius 1 is 0.931 bits per heavy atom. The molecular weight excluding hydrogens is 372 g/mol. The smallest absolute Gasteiger partial charge is 0.223 e. The zero-order valence-corrected chi connectivity index (χ0v) is 19.2. The van der Waals surface area contributed by atoms with E-state index in [2.05, 4.69) is 10.6 Å². The van der Waals surface area contributed by atoms with Gasteiger partial charge in [0.25, 0.3) is 0 Å². The first-order valence-electron chi connectivity index (χ1n) is 11.1. The highest BCUT2D eigenvalue weighted by Gasteiger charge is 2.27. The van der Waals surface area contributed by atoms with Crippen LogP contribution in [-0.4, -0.2) is 56.1 Å². The number of rotatable bonds is 12. The van der Waals surface area contributed by atoms with E-state index < -0.39 is 0 Å². The van der Waals surface area contributed by atoms with Gasteiger partial charge >= 0.3 is 0 Å². The van der Waals surface area contributed by atoms with Crippen LogP contribution in [0.4, 0.5) is 0 Å². The van der Waals surface area contributed by atoms with Crippen LogP contribution in [0.25, 0.3) is 0 Å². The SMILES string of the molecule is CC.CC(C)OCCOCCC(=O)NC1CCC(C(=O)NCC(=O)C(C)C)CC1. The van der Waals surface area contributed by atoms with Crippen molar-refractivity contribution in [2.45, 2.75) is 85.8 Å². The Kier molecular flexibility index (Phi) is 15.5. The van der Waals surface area contributed by atoms with Gasteiger partial charge in [0.15, 0.2) is 5.78 Å². The summed E-state index contributed by atoms with van der Waals surface area (Å²) in [4.78, 5) is 35.7. The molecule has 29 heavy (non-hydrogen) atoms. The summed E-state index contributed by atoms with van der Waals surface area (Å²) in [6.45, 7) is 13.1. The van der Waals surface area contributed by atoms with Crippen LogP contribution in [-0.2, 0) is 23.9 Å². The van der Waals surface area contributed by atoms with Gasteiger partial charge in [-0.25, -0.2) is 0 Å². The molecule has 0 aromatic rings. The van der Waals surface area contributed by atoms with Crippen LogP contribution in [0.15, 0.2) is 0 Å². The van der Waals surface area contributed by atoms with Crippen LogP contribution < -0.4 is 10.6 Å². The third-order valence-electron chi connectivity index (χ3n) is 4.70. The molecule has 1 fully saturated rings. The number of carbonyl (C=O) groups excluding carboxylic acids is 3. The largest absolute Gasteiger partial charge is 0.379 e. The Morgan fingerprint density at radius 3 is 2.10 bits per heavy atom. The topological polar surface area (TPSA) is 93.7 Å². The van der Waals surface area contributed by atoms with Gasteiger partial charge in [0.1, 0.15) is 0 Å². The van der Waals surface area contributed by atoms with E-state index in [1.807, 2.05) is 41.5 Å². The summed E-state index contributed by atoms with van der Waals surface area (Å²) in [6.07, 6.45) is 3.55. The molecule has 0 heterocycles. The zero-order valence-electron chi connectivity index (χ0n) is 19.2. The minimum Gasteiger partial charge on any atom is -0.379 e. The predicted octanol–water partition coefficient (Wildman–Crippen LogP) is 2.86. The van der Waals surface area contributed by atoms with Crippen molar-refractivity contribution in [3.63, 3.8) is 0 Å². The van der Waals surface area contributed by atoms with E-state index in [1.54, 1.807) is 0 Å². The maximum Gasteiger partial charge on any atom is 0.223 e. The van der Waals surface area contributed by atoms with Crippen molar-refractivity contribution < 1.29 is 23.9 Å². The molecule has 1 rings (SSSR count). The first-order valence-corrected chi connectivity index (χ1v) is 11.1. The molecule has 1 aliphatic carbocycles. The number of amides is 2. The maximum absolute atomic E-state index is 12.1. The van der Waals surface area contributed by atoms with E-state index in [4.69, 9.17) is 9.47 Å². The summed E-state index contributed by atoms with van der Waals surface area (Å²) < 4.78 is 10.8. The van der Waals surface area contributed by atoms with Gasteiger partial charge in [-0.2, -0.15) is 0 Å². The molecule has 0 bridgehead atoms. The number of ketones is 1. The second kappa shape index (κ2) is 16.3. The Hall–Kier alpha value is -1.47. The molecule has 7 nitrogen and oxygen atoms in total. The van der Waals surface area contributed by atoms with E-state index in [0.717, 1.165) is 25.7 Å². The summed E-state index contributed by atoms with van der Waals surface area (Å²) in [5.74, 6) is -0.159. The molecule has 2 N–H and O–H groups in total. The fourth-order valence-electron chi connectivity index (χ4n) is 2.93. The summed E-state index contributed by atoms with van der Waals surface area (Å²) in [5.41, 5.74) is 0. The molecule has 0 unspecified atom stereocenters. The van der Waals surface area contributed by atoms with Crippen molar-refractivity contribution in [1.82, 2.24) is 10.6 Å². The van der Waals surface area contributed by atoms with Gasteiger partial charge in [0, 0.05) is 24.3 Å². The average Bonchev–Trinajstić information content (AvgIpc) is 2.70. The lowest BCUT2D eigenvalue weighted by Gasteiger charge is -2.28. The molecule has 1 aliphatic rings. The van der Waals surface area contributed by atoms with E-state index in [0.29, 0.717) is 26.2 Å². The number of hydrogen-bond donors (Lipinski definition) is 2. The zero-order chi connectivity index (χ0) is 22.2. The van der Waals surface area contributed by atoms with Crippen LogP contribution in [0, 0.1) is 11.8 Å². The highest BCUT2D eigenvalue weighted by Crippen LogP contribution is 2.24. The molecule has 0 aliphatic heterocycles. The lowest BCUT2D eigenvalue weighted by atomic mass is 9.85. The van der Waals surface area contributed by atoms with Crippen molar-refractivity contribution in [3.8, 4) is 0 Å². The van der Waals surface area contributed by atoms with E-state index in [1.165, 1.54) is 0 Å². The van der Waals surface area contributed by atoms with Gasteiger partial charge in [0.2, 0.25) is 11.8 Å². The minimum atomic E-state index is -0.0672. The standard InChI is InChI=1S/C20H36N2O5.C2H6/c1-14(2)18(23)13-21-20(25)16-5-7-17(8-6-16)22-19(24)9-10-26-11-12-27-15(3)4;1-2/h14-17H,5-13H2,1-4H3,(H,21,25)(H,22,24);1-2H3. The summed E-state index contributed by atoms with van der Waals surface area (Å²) in [5, 5.41) is 5.75. The molecule has 7 heteroatoms. The van der Waals surface area contributed by atoms with Crippen molar-refractivity contribution in [2.75, 3.05) is 26.4 Å². The van der Waals surface area contributed by atoms with Gasteiger partial charge in [-0.1, -0.05) is 27.7 Å². The molecule has 0 aromatic carbocycles. The number of ether oxygens (including phenoxy) is 2. The average molecular weight is 415 g/mol. The summed E-state index contributed by atoms with van der Waals surface area (Å²) in [7, 11) is 0. The summed E-state index contributed by atoms with van der Waals surface area (Å²) in [6, 6.07) is 0.114. The van der Waals surface area contributed by atoms with Gasteiger partial charge in [0.05, 0.1) is 32.5 Å². The van der Waals surface area contributed by atoms with E-state index in [9.17, 15) is 14.4 Å². The third-order valence-corrected chi connectivity index (χ3v) is 4.70.